The minimum atomic E-state index is 0.336. The van der Waals surface area contributed by atoms with Crippen LogP contribution >= 0.6 is 0 Å². The molecule has 0 saturated carbocycles. The Hall–Kier alpha value is -1.82. The van der Waals surface area contributed by atoms with Gasteiger partial charge in [0, 0.05) is 5.56 Å². The highest BCUT2D eigenvalue weighted by molar-refractivity contribution is 5.77. The second-order valence-electron chi connectivity index (χ2n) is 2.39. The van der Waals surface area contributed by atoms with Gasteiger partial charge in [0.2, 0.25) is 6.29 Å². The molecular formula is C10H8NO2. The number of nitriles is 1. The Labute approximate surface area is 76.6 Å². The predicted octanol–water partition coefficient (Wildman–Crippen LogP) is 1.41. The largest absolute Gasteiger partial charge is 0.494 e. The third kappa shape index (κ3) is 2.31. The second-order valence-corrected chi connectivity index (χ2v) is 2.39. The lowest BCUT2D eigenvalue weighted by atomic mass is 10.1. The van der Waals surface area contributed by atoms with Crippen molar-refractivity contribution < 1.29 is 9.53 Å². The van der Waals surface area contributed by atoms with Crippen LogP contribution in [0.2, 0.25) is 0 Å². The van der Waals surface area contributed by atoms with Crippen LogP contribution in [0.5, 0.6) is 5.75 Å². The van der Waals surface area contributed by atoms with Crippen molar-refractivity contribution in [3.63, 3.8) is 0 Å². The van der Waals surface area contributed by atoms with Crippen molar-refractivity contribution >= 4 is 6.29 Å². The quantitative estimate of drug-likeness (QED) is 0.696. The summed E-state index contributed by atoms with van der Waals surface area (Å²) >= 11 is 0. The number of ether oxygens (including phenoxy) is 1. The Bertz CT molecular complexity index is 352. The Morgan fingerprint density at radius 1 is 1.38 bits per heavy atom. The van der Waals surface area contributed by atoms with Crippen molar-refractivity contribution in [2.45, 2.75) is 6.92 Å². The topological polar surface area (TPSA) is 50.1 Å². The van der Waals surface area contributed by atoms with Gasteiger partial charge in [-0.15, -0.1) is 0 Å². The molecule has 0 heterocycles. The molecule has 65 valence electrons. The molecule has 0 aromatic heterocycles. The van der Waals surface area contributed by atoms with Gasteiger partial charge in [-0.1, -0.05) is 0 Å². The number of hydrogen-bond acceptors (Lipinski definition) is 3. The molecule has 1 aromatic rings. The van der Waals surface area contributed by atoms with Crippen LogP contribution in [0.4, 0.5) is 0 Å². The van der Waals surface area contributed by atoms with Gasteiger partial charge < -0.3 is 4.74 Å². The molecule has 13 heavy (non-hydrogen) atoms. The molecule has 0 atom stereocenters. The summed E-state index contributed by atoms with van der Waals surface area (Å²) in [7, 11) is 0. The third-order valence-corrected chi connectivity index (χ3v) is 1.46. The lowest BCUT2D eigenvalue weighted by Gasteiger charge is -2.02. The first-order valence-corrected chi connectivity index (χ1v) is 3.86. The first-order valence-electron chi connectivity index (χ1n) is 3.86. The van der Waals surface area contributed by atoms with E-state index in [4.69, 9.17) is 10.00 Å². The van der Waals surface area contributed by atoms with Crippen molar-refractivity contribution in [1.82, 2.24) is 0 Å². The molecule has 1 radical (unpaired) electrons. The molecule has 0 N–H and O–H groups in total. The third-order valence-electron chi connectivity index (χ3n) is 1.46. The van der Waals surface area contributed by atoms with Gasteiger partial charge in [0.25, 0.3) is 0 Å². The van der Waals surface area contributed by atoms with E-state index in [0.717, 1.165) is 0 Å². The van der Waals surface area contributed by atoms with Crippen LogP contribution in [0.25, 0.3) is 0 Å². The SMILES string of the molecule is CCOc1cc([C]=O)cc(C#N)c1. The summed E-state index contributed by atoms with van der Waals surface area (Å²) in [4.78, 5) is 10.3. The average molecular weight is 174 g/mol. The van der Waals surface area contributed by atoms with Gasteiger partial charge in [-0.25, -0.2) is 0 Å². The molecular weight excluding hydrogens is 166 g/mol. The number of hydrogen-bond donors (Lipinski definition) is 0. The lowest BCUT2D eigenvalue weighted by Crippen LogP contribution is -1.93. The number of carbonyl (C=O) groups excluding carboxylic acids is 1. The summed E-state index contributed by atoms with van der Waals surface area (Å²) < 4.78 is 5.16. The smallest absolute Gasteiger partial charge is 0.233 e. The van der Waals surface area contributed by atoms with E-state index in [2.05, 4.69) is 0 Å². The van der Waals surface area contributed by atoms with Crippen molar-refractivity contribution in [1.29, 1.82) is 5.26 Å². The molecule has 1 rings (SSSR count). The molecule has 1 aromatic carbocycles. The zero-order valence-corrected chi connectivity index (χ0v) is 7.20. The normalized spacial score (nSPS) is 8.92. The summed E-state index contributed by atoms with van der Waals surface area (Å²) in [5.74, 6) is 0.528. The molecule has 0 aliphatic heterocycles. The maximum absolute atomic E-state index is 10.3. The van der Waals surface area contributed by atoms with E-state index in [1.165, 1.54) is 6.07 Å². The highest BCUT2D eigenvalue weighted by atomic mass is 16.5. The fraction of sp³-hybridized carbons (Fsp3) is 0.200. The maximum Gasteiger partial charge on any atom is 0.233 e. The standard InChI is InChI=1S/C10H8NO2/c1-2-13-10-4-8(6-11)3-9(5-10)7-12/h3-5H,2H2,1H3. The van der Waals surface area contributed by atoms with Crippen LogP contribution < -0.4 is 4.74 Å². The van der Waals surface area contributed by atoms with E-state index < -0.39 is 0 Å². The molecule has 0 amide bonds. The fourth-order valence-corrected chi connectivity index (χ4v) is 0.973. The Kier molecular flexibility index (Phi) is 3.04. The van der Waals surface area contributed by atoms with Gasteiger partial charge in [0.05, 0.1) is 18.2 Å². The van der Waals surface area contributed by atoms with E-state index in [1.54, 1.807) is 18.4 Å². The van der Waals surface area contributed by atoms with E-state index >= 15 is 0 Å². The molecule has 3 nitrogen and oxygen atoms in total. The van der Waals surface area contributed by atoms with Crippen molar-refractivity contribution in [3.05, 3.63) is 29.3 Å². The summed E-state index contributed by atoms with van der Waals surface area (Å²) in [5.41, 5.74) is 0.742. The summed E-state index contributed by atoms with van der Waals surface area (Å²) in [6.45, 7) is 2.34. The lowest BCUT2D eigenvalue weighted by molar-refractivity contribution is 0.340. The van der Waals surface area contributed by atoms with E-state index in [0.29, 0.717) is 23.5 Å². The van der Waals surface area contributed by atoms with Crippen molar-refractivity contribution in [2.24, 2.45) is 0 Å². The molecule has 3 heteroatoms. The number of benzene rings is 1. The first-order chi connectivity index (χ1) is 6.30. The molecule has 0 bridgehead atoms. The van der Waals surface area contributed by atoms with Crippen molar-refractivity contribution in [2.75, 3.05) is 6.61 Å². The first kappa shape index (κ1) is 9.27. The Balaban J connectivity index is 3.08. The number of rotatable bonds is 3. The van der Waals surface area contributed by atoms with Gasteiger partial charge in [0.1, 0.15) is 5.75 Å². The van der Waals surface area contributed by atoms with Gasteiger partial charge >= 0.3 is 0 Å². The van der Waals surface area contributed by atoms with Crippen LogP contribution in [-0.2, 0) is 4.79 Å². The average Bonchev–Trinajstić information content (AvgIpc) is 2.17. The van der Waals surface area contributed by atoms with E-state index in [9.17, 15) is 4.79 Å². The molecule has 0 aliphatic carbocycles. The monoisotopic (exact) mass is 174 g/mol. The van der Waals surface area contributed by atoms with Crippen LogP contribution in [0.3, 0.4) is 0 Å². The zero-order chi connectivity index (χ0) is 9.68. The van der Waals surface area contributed by atoms with Gasteiger partial charge in [-0.05, 0) is 25.1 Å². The molecule has 0 unspecified atom stereocenters. The summed E-state index contributed by atoms with van der Waals surface area (Å²) in [5, 5.41) is 8.61. The van der Waals surface area contributed by atoms with Gasteiger partial charge in [-0.2, -0.15) is 5.26 Å². The fourth-order valence-electron chi connectivity index (χ4n) is 0.973. The highest BCUT2D eigenvalue weighted by Gasteiger charge is 2.00. The highest BCUT2D eigenvalue weighted by Crippen LogP contribution is 2.15. The number of nitrogens with zero attached hydrogens (tertiary/aromatic N) is 1. The minimum absolute atomic E-state index is 0.336. The van der Waals surface area contributed by atoms with Gasteiger partial charge in [-0.3, -0.25) is 4.79 Å². The van der Waals surface area contributed by atoms with E-state index in [-0.39, 0.29) is 0 Å². The summed E-state index contributed by atoms with van der Waals surface area (Å²) in [6.07, 6.45) is 1.72. The van der Waals surface area contributed by atoms with Crippen LogP contribution in [0.1, 0.15) is 18.1 Å². The predicted molar refractivity (Wildman–Crippen MR) is 47.1 cm³/mol. The Morgan fingerprint density at radius 3 is 2.62 bits per heavy atom. The molecule has 0 spiro atoms. The molecule has 0 aliphatic rings. The summed E-state index contributed by atoms with van der Waals surface area (Å²) in [6, 6.07) is 6.55. The maximum atomic E-state index is 10.3. The van der Waals surface area contributed by atoms with Gasteiger partial charge in [0.15, 0.2) is 0 Å². The van der Waals surface area contributed by atoms with Crippen molar-refractivity contribution in [3.8, 4) is 11.8 Å². The van der Waals surface area contributed by atoms with Crippen LogP contribution in [-0.4, -0.2) is 12.9 Å². The second kappa shape index (κ2) is 4.27. The van der Waals surface area contributed by atoms with Crippen LogP contribution in [0.15, 0.2) is 18.2 Å². The zero-order valence-electron chi connectivity index (χ0n) is 7.20. The minimum Gasteiger partial charge on any atom is -0.494 e. The molecule has 0 saturated heterocycles. The molecule has 0 fully saturated rings. The van der Waals surface area contributed by atoms with Crippen LogP contribution in [0, 0.1) is 11.3 Å². The van der Waals surface area contributed by atoms with E-state index in [1.807, 2.05) is 13.0 Å². The Morgan fingerprint density at radius 2 is 2.08 bits per heavy atom.